The van der Waals surface area contributed by atoms with Crippen LogP contribution in [0.15, 0.2) is 23.8 Å². The van der Waals surface area contributed by atoms with Gasteiger partial charge in [-0.1, -0.05) is 72.1 Å². The molecule has 0 radical (unpaired) electrons. The van der Waals surface area contributed by atoms with Gasteiger partial charge >= 0.3 is 5.97 Å². The van der Waals surface area contributed by atoms with Crippen LogP contribution in [0.1, 0.15) is 112 Å². The second-order valence-electron chi connectivity index (χ2n) is 13.3. The third-order valence-electron chi connectivity index (χ3n) is 10.9. The number of allylic oxidation sites excluding steroid dienone is 1. The van der Waals surface area contributed by atoms with Gasteiger partial charge in [0.1, 0.15) is 6.10 Å². The first-order valence-corrected chi connectivity index (χ1v) is 14.1. The number of ether oxygens (including phenoxy) is 1. The SMILES string of the molecule is C=C(C)C(=O)O[C@H]1CC[C@@]2(C)C(=CCC3C2CC[C@@]2(C)C3CC[C@@H]2[C@H](C)CCCC(C)C)C1. The van der Waals surface area contributed by atoms with Crippen LogP contribution in [-0.2, 0) is 9.53 Å². The van der Waals surface area contributed by atoms with E-state index in [2.05, 4.69) is 47.3 Å². The van der Waals surface area contributed by atoms with Gasteiger partial charge in [-0.3, -0.25) is 0 Å². The van der Waals surface area contributed by atoms with Crippen molar-refractivity contribution in [3.05, 3.63) is 23.8 Å². The monoisotopic (exact) mass is 454 g/mol. The Labute approximate surface area is 204 Å². The van der Waals surface area contributed by atoms with E-state index in [1.165, 1.54) is 57.8 Å². The molecule has 0 amide bonds. The van der Waals surface area contributed by atoms with E-state index in [9.17, 15) is 4.79 Å². The smallest absolute Gasteiger partial charge is 0.333 e. The number of carbonyl (C=O) groups excluding carboxylic acids is 1. The molecule has 0 bridgehead atoms. The molecule has 2 nitrogen and oxygen atoms in total. The van der Waals surface area contributed by atoms with Crippen LogP contribution < -0.4 is 0 Å². The molecule has 0 aliphatic heterocycles. The zero-order chi connectivity index (χ0) is 24.0. The highest BCUT2D eigenvalue weighted by atomic mass is 16.5. The molecule has 4 rings (SSSR count). The predicted octanol–water partition coefficient (Wildman–Crippen LogP) is 8.52. The first kappa shape index (κ1) is 25.1. The van der Waals surface area contributed by atoms with Crippen molar-refractivity contribution in [2.45, 2.75) is 118 Å². The van der Waals surface area contributed by atoms with Crippen molar-refractivity contribution in [1.29, 1.82) is 0 Å². The molecule has 0 N–H and O–H groups in total. The number of rotatable bonds is 7. The summed E-state index contributed by atoms with van der Waals surface area (Å²) in [7, 11) is 0. The molecule has 3 fully saturated rings. The van der Waals surface area contributed by atoms with E-state index in [4.69, 9.17) is 4.74 Å². The summed E-state index contributed by atoms with van der Waals surface area (Å²) in [5.41, 5.74) is 2.97. The number of carbonyl (C=O) groups is 1. The fourth-order valence-corrected chi connectivity index (χ4v) is 9.00. The van der Waals surface area contributed by atoms with E-state index in [-0.39, 0.29) is 12.1 Å². The minimum absolute atomic E-state index is 0.0430. The molecule has 0 saturated heterocycles. The summed E-state index contributed by atoms with van der Waals surface area (Å²) in [5.74, 6) is 5.00. The van der Waals surface area contributed by atoms with Crippen molar-refractivity contribution in [3.63, 3.8) is 0 Å². The molecule has 0 aromatic carbocycles. The van der Waals surface area contributed by atoms with E-state index in [0.29, 0.717) is 16.4 Å². The van der Waals surface area contributed by atoms with Crippen LogP contribution in [-0.4, -0.2) is 12.1 Å². The Morgan fingerprint density at radius 1 is 1.09 bits per heavy atom. The Balaban J connectivity index is 1.45. The Morgan fingerprint density at radius 3 is 2.55 bits per heavy atom. The van der Waals surface area contributed by atoms with Crippen LogP contribution in [0, 0.1) is 46.3 Å². The molecule has 186 valence electrons. The van der Waals surface area contributed by atoms with Crippen LogP contribution in [0.2, 0.25) is 0 Å². The normalized spacial score (nSPS) is 40.9. The second-order valence-corrected chi connectivity index (χ2v) is 13.3. The number of hydrogen-bond donors (Lipinski definition) is 0. The maximum atomic E-state index is 12.1. The Morgan fingerprint density at radius 2 is 1.85 bits per heavy atom. The van der Waals surface area contributed by atoms with E-state index in [1.54, 1.807) is 12.5 Å². The van der Waals surface area contributed by atoms with Gasteiger partial charge in [0, 0.05) is 12.0 Å². The first-order valence-electron chi connectivity index (χ1n) is 14.1. The van der Waals surface area contributed by atoms with Gasteiger partial charge in [0.25, 0.3) is 0 Å². The topological polar surface area (TPSA) is 26.3 Å². The number of fused-ring (bicyclic) bond motifs is 5. The van der Waals surface area contributed by atoms with Crippen LogP contribution in [0.4, 0.5) is 0 Å². The second kappa shape index (κ2) is 9.54. The van der Waals surface area contributed by atoms with Crippen molar-refractivity contribution < 1.29 is 9.53 Å². The van der Waals surface area contributed by atoms with Crippen molar-refractivity contribution in [2.24, 2.45) is 46.3 Å². The summed E-state index contributed by atoms with van der Waals surface area (Å²) in [4.78, 5) is 12.1. The van der Waals surface area contributed by atoms with Crippen LogP contribution in [0.3, 0.4) is 0 Å². The molecule has 0 spiro atoms. The maximum absolute atomic E-state index is 12.1. The molecule has 0 heterocycles. The van der Waals surface area contributed by atoms with Gasteiger partial charge in [-0.2, -0.15) is 0 Å². The Kier molecular flexibility index (Phi) is 7.24. The van der Waals surface area contributed by atoms with Crippen LogP contribution in [0.25, 0.3) is 0 Å². The average molecular weight is 455 g/mol. The van der Waals surface area contributed by atoms with Gasteiger partial charge in [-0.05, 0) is 98.2 Å². The standard InChI is InChI=1S/C31H50O2/c1-20(2)9-8-10-22(5)26-13-14-27-25-12-11-23-19-24(33-29(32)21(3)4)15-17-30(23,6)28(25)16-18-31(26,27)7/h11,20,22,24-28H,3,8-10,12-19H2,1-2,4-7H3/t22-,24+,25?,26-,27?,28?,30+,31-/m1/s1. The first-order chi connectivity index (χ1) is 15.6. The fourth-order valence-electron chi connectivity index (χ4n) is 9.00. The third-order valence-corrected chi connectivity index (χ3v) is 10.9. The number of hydrogen-bond acceptors (Lipinski definition) is 2. The fraction of sp³-hybridized carbons (Fsp3) is 0.839. The minimum Gasteiger partial charge on any atom is -0.459 e. The predicted molar refractivity (Wildman–Crippen MR) is 138 cm³/mol. The lowest BCUT2D eigenvalue weighted by Gasteiger charge is -2.58. The molecular weight excluding hydrogens is 404 g/mol. The van der Waals surface area contributed by atoms with E-state index < -0.39 is 0 Å². The molecule has 4 aliphatic carbocycles. The highest BCUT2D eigenvalue weighted by Gasteiger charge is 2.59. The van der Waals surface area contributed by atoms with E-state index in [1.807, 2.05) is 0 Å². The van der Waals surface area contributed by atoms with Crippen molar-refractivity contribution in [1.82, 2.24) is 0 Å². The van der Waals surface area contributed by atoms with E-state index >= 15 is 0 Å². The maximum Gasteiger partial charge on any atom is 0.333 e. The summed E-state index contributed by atoms with van der Waals surface area (Å²) >= 11 is 0. The minimum atomic E-state index is -0.217. The molecule has 3 saturated carbocycles. The van der Waals surface area contributed by atoms with Gasteiger partial charge in [-0.15, -0.1) is 0 Å². The van der Waals surface area contributed by atoms with Crippen molar-refractivity contribution in [2.75, 3.05) is 0 Å². The summed E-state index contributed by atoms with van der Waals surface area (Å²) in [6, 6.07) is 0. The molecular formula is C31H50O2. The van der Waals surface area contributed by atoms with Crippen LogP contribution >= 0.6 is 0 Å². The summed E-state index contributed by atoms with van der Waals surface area (Å²) in [6.07, 6.45) is 17.0. The highest BCUT2D eigenvalue weighted by Crippen LogP contribution is 2.67. The third kappa shape index (κ3) is 4.62. The molecule has 8 atom stereocenters. The van der Waals surface area contributed by atoms with Crippen molar-refractivity contribution >= 4 is 5.97 Å². The Hall–Kier alpha value is -1.05. The average Bonchev–Trinajstić information content (AvgIpc) is 3.11. The lowest BCUT2D eigenvalue weighted by atomic mass is 9.47. The lowest BCUT2D eigenvalue weighted by molar-refractivity contribution is -0.146. The summed E-state index contributed by atoms with van der Waals surface area (Å²) in [6.45, 7) is 18.0. The highest BCUT2D eigenvalue weighted by molar-refractivity contribution is 5.87. The molecule has 4 aliphatic rings. The van der Waals surface area contributed by atoms with Gasteiger partial charge in [0.15, 0.2) is 0 Å². The lowest BCUT2D eigenvalue weighted by Crippen LogP contribution is -2.51. The molecule has 0 aromatic rings. The molecule has 33 heavy (non-hydrogen) atoms. The largest absolute Gasteiger partial charge is 0.459 e. The van der Waals surface area contributed by atoms with Gasteiger partial charge < -0.3 is 4.74 Å². The summed E-state index contributed by atoms with van der Waals surface area (Å²) < 4.78 is 5.78. The van der Waals surface area contributed by atoms with Gasteiger partial charge in [0.05, 0.1) is 0 Å². The molecule has 0 aromatic heterocycles. The Bertz CT molecular complexity index is 778. The number of esters is 1. The van der Waals surface area contributed by atoms with Crippen molar-refractivity contribution in [3.8, 4) is 0 Å². The molecule has 2 heteroatoms. The molecule has 3 unspecified atom stereocenters. The summed E-state index contributed by atoms with van der Waals surface area (Å²) in [5, 5.41) is 0. The zero-order valence-corrected chi connectivity index (χ0v) is 22.4. The van der Waals surface area contributed by atoms with Crippen LogP contribution in [0.5, 0.6) is 0 Å². The quantitative estimate of drug-likeness (QED) is 0.219. The van der Waals surface area contributed by atoms with Gasteiger partial charge in [-0.25, -0.2) is 4.79 Å². The van der Waals surface area contributed by atoms with E-state index in [0.717, 1.165) is 48.3 Å². The van der Waals surface area contributed by atoms with Gasteiger partial charge in [0.2, 0.25) is 0 Å². The zero-order valence-electron chi connectivity index (χ0n) is 22.4.